The summed E-state index contributed by atoms with van der Waals surface area (Å²) in [7, 11) is 0. The highest BCUT2D eigenvalue weighted by Crippen LogP contribution is 2.51. The SMILES string of the molecule is C1=CC2=C(C=CC(c3c4c(c(-c5ccc6ccccc6c5)c5ccc(C6=CCC7c8c(ccc9ccccc89)OC7C6)cc35)C=CCC4)C2)CC1. The minimum Gasteiger partial charge on any atom is -0.489 e. The Morgan fingerprint density at radius 2 is 1.41 bits per heavy atom. The van der Waals surface area contributed by atoms with Crippen LogP contribution in [0.4, 0.5) is 0 Å². The topological polar surface area (TPSA) is 9.23 Å². The predicted molar refractivity (Wildman–Crippen MR) is 214 cm³/mol. The van der Waals surface area contributed by atoms with Gasteiger partial charge in [-0.05, 0) is 139 Å². The second kappa shape index (κ2) is 11.6. The maximum atomic E-state index is 6.74. The third kappa shape index (κ3) is 4.67. The van der Waals surface area contributed by atoms with Crippen molar-refractivity contribution in [2.45, 2.75) is 62.9 Å². The summed E-state index contributed by atoms with van der Waals surface area (Å²) < 4.78 is 6.74. The number of benzene rings is 6. The van der Waals surface area contributed by atoms with Crippen molar-refractivity contribution < 1.29 is 4.74 Å². The normalized spacial score (nSPS) is 21.7. The molecule has 0 aromatic heterocycles. The Morgan fingerprint density at radius 3 is 2.37 bits per heavy atom. The third-order valence-electron chi connectivity index (χ3n) is 12.5. The van der Waals surface area contributed by atoms with Crippen molar-refractivity contribution in [3.05, 3.63) is 172 Å². The summed E-state index contributed by atoms with van der Waals surface area (Å²) in [5.41, 5.74) is 14.4. The molecule has 5 aliphatic rings. The lowest BCUT2D eigenvalue weighted by Gasteiger charge is -2.30. The van der Waals surface area contributed by atoms with Gasteiger partial charge in [-0.1, -0.05) is 121 Å². The summed E-state index contributed by atoms with van der Waals surface area (Å²) >= 11 is 0. The Bertz CT molecular complexity index is 2600. The molecule has 0 fully saturated rings. The molecule has 0 saturated heterocycles. The van der Waals surface area contributed by atoms with Gasteiger partial charge in [0.1, 0.15) is 11.9 Å². The average Bonchev–Trinajstić information content (AvgIpc) is 3.58. The third-order valence-corrected chi connectivity index (χ3v) is 12.5. The minimum absolute atomic E-state index is 0.174. The zero-order chi connectivity index (χ0) is 33.5. The van der Waals surface area contributed by atoms with Crippen LogP contribution in [-0.4, -0.2) is 6.10 Å². The van der Waals surface area contributed by atoms with Gasteiger partial charge < -0.3 is 4.74 Å². The van der Waals surface area contributed by atoms with Crippen LogP contribution in [-0.2, 0) is 6.42 Å². The lowest BCUT2D eigenvalue weighted by molar-refractivity contribution is 0.207. The van der Waals surface area contributed by atoms with E-state index in [9.17, 15) is 0 Å². The van der Waals surface area contributed by atoms with Gasteiger partial charge in [0.2, 0.25) is 0 Å². The predicted octanol–water partition coefficient (Wildman–Crippen LogP) is 13.2. The fraction of sp³-hybridized carbons (Fsp3) is 0.200. The van der Waals surface area contributed by atoms with Gasteiger partial charge in [-0.2, -0.15) is 0 Å². The Labute approximate surface area is 300 Å². The molecule has 0 bridgehead atoms. The van der Waals surface area contributed by atoms with Gasteiger partial charge >= 0.3 is 0 Å². The van der Waals surface area contributed by atoms with Crippen molar-refractivity contribution in [1.82, 2.24) is 0 Å². The van der Waals surface area contributed by atoms with E-state index in [-0.39, 0.29) is 6.10 Å². The summed E-state index contributed by atoms with van der Waals surface area (Å²) in [6.45, 7) is 0. The maximum Gasteiger partial charge on any atom is 0.124 e. The van der Waals surface area contributed by atoms with Gasteiger partial charge in [0, 0.05) is 23.8 Å². The molecule has 0 saturated carbocycles. The molecular weight excluding hydrogens is 617 g/mol. The van der Waals surface area contributed by atoms with Crippen LogP contribution in [0.5, 0.6) is 5.75 Å². The number of allylic oxidation sites excluding steroid dienone is 8. The molecule has 4 aliphatic carbocycles. The number of hydrogen-bond acceptors (Lipinski definition) is 1. The van der Waals surface area contributed by atoms with Crippen LogP contribution in [0.1, 0.15) is 78.2 Å². The lowest BCUT2D eigenvalue weighted by Crippen LogP contribution is -2.22. The molecular formula is C50H40O. The number of hydrogen-bond donors (Lipinski definition) is 0. The Morgan fingerprint density at radius 1 is 0.588 bits per heavy atom. The number of fused-ring (bicyclic) bond motifs is 8. The molecule has 0 amide bonds. The molecule has 246 valence electrons. The van der Waals surface area contributed by atoms with Crippen LogP contribution < -0.4 is 4.74 Å². The van der Waals surface area contributed by atoms with Crippen LogP contribution in [0, 0.1) is 0 Å². The van der Waals surface area contributed by atoms with E-state index in [2.05, 4.69) is 140 Å². The van der Waals surface area contributed by atoms with E-state index < -0.39 is 0 Å². The van der Waals surface area contributed by atoms with Crippen molar-refractivity contribution in [1.29, 1.82) is 0 Å². The van der Waals surface area contributed by atoms with Crippen LogP contribution in [0.15, 0.2) is 145 Å². The van der Waals surface area contributed by atoms with Crippen molar-refractivity contribution in [2.24, 2.45) is 0 Å². The summed E-state index contributed by atoms with van der Waals surface area (Å²) in [6, 6.07) is 36.5. The number of rotatable bonds is 3. The van der Waals surface area contributed by atoms with E-state index in [1.54, 1.807) is 11.1 Å². The molecule has 0 N–H and O–H groups in total. The standard InChI is InChI=1S/C50H40O/c1-3-12-34-27-38(19-17-31(34)9-1)48-41-15-7-8-16-42(41)49(39-20-18-32-10-2-4-13-35(32)28-39)45-29-36(21-24-43(45)48)37-22-25-44-47(30-37)51-46-26-23-33-11-5-6-14-40(33)50(44)46/h1,3-7,9,11-15,17-24,26-27,29,39,44,47H,2,8,10,16,25,28,30H2. The maximum absolute atomic E-state index is 6.74. The molecule has 1 heterocycles. The highest BCUT2D eigenvalue weighted by atomic mass is 16.5. The van der Waals surface area contributed by atoms with Crippen LogP contribution in [0.3, 0.4) is 0 Å². The summed E-state index contributed by atoms with van der Waals surface area (Å²) in [5.74, 6) is 1.84. The van der Waals surface area contributed by atoms with Gasteiger partial charge in [0.05, 0.1) is 0 Å². The van der Waals surface area contributed by atoms with Gasteiger partial charge in [-0.3, -0.25) is 0 Å². The Kier molecular flexibility index (Phi) is 6.66. The van der Waals surface area contributed by atoms with Gasteiger partial charge in [-0.15, -0.1) is 0 Å². The largest absolute Gasteiger partial charge is 0.489 e. The molecule has 3 atom stereocenters. The van der Waals surface area contributed by atoms with Crippen LogP contribution in [0.2, 0.25) is 0 Å². The zero-order valence-electron chi connectivity index (χ0n) is 28.9. The van der Waals surface area contributed by atoms with Crippen molar-refractivity contribution in [3.8, 4) is 16.9 Å². The minimum atomic E-state index is 0.174. The summed E-state index contributed by atoms with van der Waals surface area (Å²) in [4.78, 5) is 0. The first kappa shape index (κ1) is 29.3. The first-order valence-electron chi connectivity index (χ1n) is 19.0. The molecule has 0 radical (unpaired) electrons. The molecule has 1 aliphatic heterocycles. The molecule has 6 aromatic rings. The smallest absolute Gasteiger partial charge is 0.124 e. The number of ether oxygens (including phenoxy) is 1. The van der Waals surface area contributed by atoms with Crippen molar-refractivity contribution in [3.63, 3.8) is 0 Å². The molecule has 1 nitrogen and oxygen atoms in total. The van der Waals surface area contributed by atoms with E-state index in [0.29, 0.717) is 11.8 Å². The Hall–Kier alpha value is -5.40. The molecule has 51 heavy (non-hydrogen) atoms. The van der Waals surface area contributed by atoms with Crippen LogP contribution in [0.25, 0.3) is 55.1 Å². The first-order chi connectivity index (χ1) is 25.3. The lowest BCUT2D eigenvalue weighted by atomic mass is 9.74. The molecule has 6 aromatic carbocycles. The van der Waals surface area contributed by atoms with Crippen molar-refractivity contribution >= 4 is 44.0 Å². The van der Waals surface area contributed by atoms with E-state index in [0.717, 1.165) is 44.3 Å². The average molecular weight is 657 g/mol. The van der Waals surface area contributed by atoms with E-state index >= 15 is 0 Å². The molecule has 0 spiro atoms. The fourth-order valence-electron chi connectivity index (χ4n) is 10.1. The monoisotopic (exact) mass is 656 g/mol. The summed E-state index contributed by atoms with van der Waals surface area (Å²) in [5, 5.41) is 8.03. The molecule has 1 heteroatoms. The highest BCUT2D eigenvalue weighted by Gasteiger charge is 2.38. The summed E-state index contributed by atoms with van der Waals surface area (Å²) in [6.07, 6.45) is 24.8. The first-order valence-corrected chi connectivity index (χ1v) is 19.0. The van der Waals surface area contributed by atoms with Gasteiger partial charge in [0.25, 0.3) is 0 Å². The van der Waals surface area contributed by atoms with Crippen molar-refractivity contribution in [2.75, 3.05) is 0 Å². The van der Waals surface area contributed by atoms with E-state index in [1.807, 2.05) is 0 Å². The molecule has 3 unspecified atom stereocenters. The highest BCUT2D eigenvalue weighted by molar-refractivity contribution is 6.06. The molecule has 11 rings (SSSR count). The van der Waals surface area contributed by atoms with Crippen LogP contribution >= 0.6 is 0 Å². The van der Waals surface area contributed by atoms with Gasteiger partial charge in [-0.25, -0.2) is 0 Å². The van der Waals surface area contributed by atoms with Gasteiger partial charge in [0.15, 0.2) is 0 Å². The van der Waals surface area contributed by atoms with E-state index in [4.69, 9.17) is 4.74 Å². The second-order valence-corrected chi connectivity index (χ2v) is 15.2. The second-order valence-electron chi connectivity index (χ2n) is 15.2. The Balaban J connectivity index is 1.08. The fourth-order valence-corrected chi connectivity index (χ4v) is 10.1. The zero-order valence-corrected chi connectivity index (χ0v) is 28.9. The van der Waals surface area contributed by atoms with E-state index in [1.165, 1.54) is 83.3 Å². The quantitative estimate of drug-likeness (QED) is 0.184.